The van der Waals surface area contributed by atoms with E-state index in [0.29, 0.717) is 16.5 Å². The van der Waals surface area contributed by atoms with Crippen molar-refractivity contribution in [2.75, 3.05) is 0 Å². The fraction of sp³-hybridized carbons (Fsp3) is 0.448. The van der Waals surface area contributed by atoms with Crippen molar-refractivity contribution in [1.29, 1.82) is 0 Å². The fourth-order valence-electron chi connectivity index (χ4n) is 5.24. The Bertz CT molecular complexity index is 999. The minimum atomic E-state index is -0.345. The Morgan fingerprint density at radius 1 is 0.806 bits per heavy atom. The van der Waals surface area contributed by atoms with Gasteiger partial charge >= 0.3 is 0 Å². The van der Waals surface area contributed by atoms with E-state index in [0.717, 1.165) is 23.6 Å². The first kappa shape index (κ1) is 22.0. The summed E-state index contributed by atoms with van der Waals surface area (Å²) < 4.78 is 28.7. The standard InChI is InChI=1S/C29H34F2/c1-2-3-4-6-21-9-11-22(12-10-21)13-14-23-15-17-27-25(19-23)16-18-28(29(27)31)24-7-5-8-26(30)20-24/h5,7-8,15-22H,2-4,6,9-14H2,1H3. The molecule has 3 aromatic carbocycles. The quantitative estimate of drug-likeness (QED) is 0.319. The van der Waals surface area contributed by atoms with E-state index in [-0.39, 0.29) is 11.6 Å². The molecule has 0 spiro atoms. The molecular weight excluding hydrogens is 386 g/mol. The summed E-state index contributed by atoms with van der Waals surface area (Å²) in [4.78, 5) is 0. The van der Waals surface area contributed by atoms with Crippen LogP contribution in [0.1, 0.15) is 70.3 Å². The van der Waals surface area contributed by atoms with Crippen LogP contribution in [0.4, 0.5) is 8.78 Å². The predicted molar refractivity (Wildman–Crippen MR) is 127 cm³/mol. The van der Waals surface area contributed by atoms with Crippen LogP contribution in [0.25, 0.3) is 21.9 Å². The van der Waals surface area contributed by atoms with Crippen LogP contribution in [0.2, 0.25) is 0 Å². The third-order valence-electron chi connectivity index (χ3n) is 7.18. The van der Waals surface area contributed by atoms with Crippen molar-refractivity contribution in [2.45, 2.75) is 71.1 Å². The highest BCUT2D eigenvalue weighted by molar-refractivity contribution is 5.88. The van der Waals surface area contributed by atoms with Crippen molar-refractivity contribution in [3.8, 4) is 11.1 Å². The van der Waals surface area contributed by atoms with Crippen LogP contribution in [-0.2, 0) is 6.42 Å². The number of halogens is 2. The van der Waals surface area contributed by atoms with Crippen LogP contribution in [-0.4, -0.2) is 0 Å². The zero-order valence-electron chi connectivity index (χ0n) is 18.7. The summed E-state index contributed by atoms with van der Waals surface area (Å²) in [6, 6.07) is 16.0. The number of hydrogen-bond acceptors (Lipinski definition) is 0. The topological polar surface area (TPSA) is 0 Å². The monoisotopic (exact) mass is 420 g/mol. The van der Waals surface area contributed by atoms with Crippen LogP contribution in [0.15, 0.2) is 54.6 Å². The summed E-state index contributed by atoms with van der Waals surface area (Å²) in [7, 11) is 0. The van der Waals surface area contributed by atoms with Gasteiger partial charge in [0.2, 0.25) is 0 Å². The molecule has 164 valence electrons. The van der Waals surface area contributed by atoms with Crippen LogP contribution in [0, 0.1) is 23.5 Å². The lowest BCUT2D eigenvalue weighted by Gasteiger charge is -2.28. The van der Waals surface area contributed by atoms with Gasteiger partial charge in [0.1, 0.15) is 11.6 Å². The summed E-state index contributed by atoms with van der Waals surface area (Å²) in [5.41, 5.74) is 2.32. The summed E-state index contributed by atoms with van der Waals surface area (Å²) >= 11 is 0. The van der Waals surface area contributed by atoms with Crippen LogP contribution < -0.4 is 0 Å². The normalized spacial score (nSPS) is 19.1. The lowest BCUT2D eigenvalue weighted by atomic mass is 9.77. The van der Waals surface area contributed by atoms with Gasteiger partial charge in [-0.05, 0) is 53.3 Å². The number of aryl methyl sites for hydroxylation is 1. The second kappa shape index (κ2) is 10.4. The van der Waals surface area contributed by atoms with Crippen molar-refractivity contribution in [1.82, 2.24) is 0 Å². The molecule has 0 aromatic heterocycles. The maximum Gasteiger partial charge on any atom is 0.138 e. The van der Waals surface area contributed by atoms with Crippen LogP contribution in [0.3, 0.4) is 0 Å². The van der Waals surface area contributed by atoms with Gasteiger partial charge in [-0.15, -0.1) is 0 Å². The highest BCUT2D eigenvalue weighted by Gasteiger charge is 2.20. The Kier molecular flexibility index (Phi) is 7.37. The third-order valence-corrected chi connectivity index (χ3v) is 7.18. The van der Waals surface area contributed by atoms with E-state index in [2.05, 4.69) is 19.1 Å². The van der Waals surface area contributed by atoms with Gasteiger partial charge < -0.3 is 0 Å². The van der Waals surface area contributed by atoms with Gasteiger partial charge in [-0.3, -0.25) is 0 Å². The molecule has 0 nitrogen and oxygen atoms in total. The molecule has 0 saturated heterocycles. The molecule has 3 aromatic rings. The molecule has 4 rings (SSSR count). The summed E-state index contributed by atoms with van der Waals surface area (Å²) in [6.07, 6.45) is 13.4. The molecule has 0 unspecified atom stereocenters. The van der Waals surface area contributed by atoms with Crippen molar-refractivity contribution in [2.24, 2.45) is 11.8 Å². The molecule has 1 aliphatic carbocycles. The Morgan fingerprint density at radius 3 is 2.32 bits per heavy atom. The predicted octanol–water partition coefficient (Wildman–Crippen LogP) is 9.10. The first-order chi connectivity index (χ1) is 15.1. The molecule has 1 fully saturated rings. The van der Waals surface area contributed by atoms with Gasteiger partial charge in [-0.2, -0.15) is 0 Å². The lowest BCUT2D eigenvalue weighted by Crippen LogP contribution is -2.15. The zero-order chi connectivity index (χ0) is 21.6. The molecule has 0 heterocycles. The minimum Gasteiger partial charge on any atom is -0.207 e. The van der Waals surface area contributed by atoms with Crippen LogP contribution in [0.5, 0.6) is 0 Å². The van der Waals surface area contributed by atoms with E-state index in [9.17, 15) is 4.39 Å². The molecule has 0 radical (unpaired) electrons. The molecule has 0 N–H and O–H groups in total. The van der Waals surface area contributed by atoms with E-state index in [4.69, 9.17) is 0 Å². The third kappa shape index (κ3) is 5.53. The molecule has 2 heteroatoms. The largest absolute Gasteiger partial charge is 0.207 e. The lowest BCUT2D eigenvalue weighted by molar-refractivity contribution is 0.249. The Balaban J connectivity index is 1.37. The van der Waals surface area contributed by atoms with Crippen molar-refractivity contribution in [3.05, 3.63) is 71.8 Å². The summed E-state index contributed by atoms with van der Waals surface area (Å²) in [6.45, 7) is 2.28. The molecule has 1 saturated carbocycles. The van der Waals surface area contributed by atoms with E-state index >= 15 is 4.39 Å². The Labute approximate surface area is 185 Å². The Morgan fingerprint density at radius 2 is 1.58 bits per heavy atom. The van der Waals surface area contributed by atoms with Crippen LogP contribution >= 0.6 is 0 Å². The number of unbranched alkanes of at least 4 members (excludes halogenated alkanes) is 2. The average Bonchev–Trinajstić information content (AvgIpc) is 2.79. The van der Waals surface area contributed by atoms with Gasteiger partial charge in [0, 0.05) is 10.9 Å². The molecule has 0 amide bonds. The van der Waals surface area contributed by atoms with Gasteiger partial charge in [0.05, 0.1) is 0 Å². The first-order valence-electron chi connectivity index (χ1n) is 12.1. The molecule has 0 bridgehead atoms. The van der Waals surface area contributed by atoms with E-state index in [1.54, 1.807) is 18.2 Å². The molecule has 0 atom stereocenters. The maximum absolute atomic E-state index is 15.1. The van der Waals surface area contributed by atoms with Crippen molar-refractivity contribution >= 4 is 10.8 Å². The Hall–Kier alpha value is -2.22. The number of rotatable bonds is 8. The summed E-state index contributed by atoms with van der Waals surface area (Å²) in [5.74, 6) is 1.18. The highest BCUT2D eigenvalue weighted by Crippen LogP contribution is 2.35. The SMILES string of the molecule is CCCCCC1CCC(CCc2ccc3c(F)c(-c4cccc(F)c4)ccc3c2)CC1. The average molecular weight is 421 g/mol. The first-order valence-corrected chi connectivity index (χ1v) is 12.1. The number of hydrogen-bond donors (Lipinski definition) is 0. The smallest absolute Gasteiger partial charge is 0.138 e. The van der Waals surface area contributed by atoms with Crippen molar-refractivity contribution < 1.29 is 8.78 Å². The number of benzene rings is 3. The second-order valence-corrected chi connectivity index (χ2v) is 9.41. The zero-order valence-corrected chi connectivity index (χ0v) is 18.7. The van der Waals surface area contributed by atoms with E-state index in [1.165, 1.54) is 75.5 Å². The highest BCUT2D eigenvalue weighted by atomic mass is 19.1. The fourth-order valence-corrected chi connectivity index (χ4v) is 5.24. The summed E-state index contributed by atoms with van der Waals surface area (Å²) in [5, 5.41) is 1.54. The van der Waals surface area contributed by atoms with Gasteiger partial charge in [-0.1, -0.05) is 101 Å². The molecule has 0 aliphatic heterocycles. The number of fused-ring (bicyclic) bond motifs is 1. The second-order valence-electron chi connectivity index (χ2n) is 9.41. The van der Waals surface area contributed by atoms with Gasteiger partial charge in [-0.25, -0.2) is 8.78 Å². The molecule has 1 aliphatic rings. The maximum atomic E-state index is 15.1. The molecular formula is C29H34F2. The molecule has 31 heavy (non-hydrogen) atoms. The minimum absolute atomic E-state index is 0.268. The van der Waals surface area contributed by atoms with E-state index in [1.807, 2.05) is 12.1 Å². The van der Waals surface area contributed by atoms with Gasteiger partial charge in [0.25, 0.3) is 0 Å². The van der Waals surface area contributed by atoms with Gasteiger partial charge in [0.15, 0.2) is 0 Å². The van der Waals surface area contributed by atoms with Crippen molar-refractivity contribution in [3.63, 3.8) is 0 Å². The van der Waals surface area contributed by atoms with E-state index < -0.39 is 0 Å².